The predicted molar refractivity (Wildman–Crippen MR) is 108 cm³/mol. The van der Waals surface area contributed by atoms with Crippen molar-refractivity contribution in [3.8, 4) is 5.69 Å². The molecule has 1 aliphatic rings. The van der Waals surface area contributed by atoms with Gasteiger partial charge in [0.25, 0.3) is 5.91 Å². The SMILES string of the molecule is Cc1ccc(-n2ncc(C(=O)NCCC3CCNC3)c2C(C)C)cc1.Cl. The molecule has 1 atom stereocenters. The lowest BCUT2D eigenvalue weighted by Crippen LogP contribution is -2.27. The maximum absolute atomic E-state index is 12.7. The number of carbonyl (C=O) groups excluding carboxylic acids is 1. The zero-order valence-corrected chi connectivity index (χ0v) is 16.6. The van der Waals surface area contributed by atoms with Gasteiger partial charge in [0.2, 0.25) is 0 Å². The molecule has 3 rings (SSSR count). The van der Waals surface area contributed by atoms with Gasteiger partial charge in [-0.2, -0.15) is 5.10 Å². The van der Waals surface area contributed by atoms with Crippen LogP contribution in [0.5, 0.6) is 0 Å². The Morgan fingerprint density at radius 1 is 1.35 bits per heavy atom. The van der Waals surface area contributed by atoms with E-state index in [4.69, 9.17) is 0 Å². The van der Waals surface area contributed by atoms with Crippen LogP contribution < -0.4 is 10.6 Å². The second-order valence-electron chi connectivity index (χ2n) is 7.25. The quantitative estimate of drug-likeness (QED) is 0.811. The third kappa shape index (κ3) is 4.65. The van der Waals surface area contributed by atoms with Gasteiger partial charge in [-0.1, -0.05) is 31.5 Å². The number of carbonyl (C=O) groups is 1. The third-order valence-electron chi connectivity index (χ3n) is 4.88. The van der Waals surface area contributed by atoms with Gasteiger partial charge in [0.1, 0.15) is 0 Å². The minimum atomic E-state index is -0.0204. The molecule has 1 aliphatic heterocycles. The second kappa shape index (κ2) is 9.19. The molecule has 1 saturated heterocycles. The second-order valence-corrected chi connectivity index (χ2v) is 7.25. The Morgan fingerprint density at radius 3 is 2.69 bits per heavy atom. The third-order valence-corrected chi connectivity index (χ3v) is 4.88. The molecule has 0 bridgehead atoms. The summed E-state index contributed by atoms with van der Waals surface area (Å²) in [6, 6.07) is 8.22. The highest BCUT2D eigenvalue weighted by molar-refractivity contribution is 5.95. The van der Waals surface area contributed by atoms with Gasteiger partial charge in [-0.25, -0.2) is 4.68 Å². The van der Waals surface area contributed by atoms with Crippen molar-refractivity contribution in [2.75, 3.05) is 19.6 Å². The Balaban J connectivity index is 0.00000243. The van der Waals surface area contributed by atoms with Gasteiger partial charge in [0.15, 0.2) is 0 Å². The molecular formula is C20H29ClN4O. The minimum Gasteiger partial charge on any atom is -0.352 e. The summed E-state index contributed by atoms with van der Waals surface area (Å²) >= 11 is 0. The smallest absolute Gasteiger partial charge is 0.254 e. The highest BCUT2D eigenvalue weighted by Crippen LogP contribution is 2.23. The van der Waals surface area contributed by atoms with E-state index in [1.54, 1.807) is 6.20 Å². The number of hydrogen-bond acceptors (Lipinski definition) is 3. The van der Waals surface area contributed by atoms with Crippen LogP contribution in [-0.4, -0.2) is 35.3 Å². The lowest BCUT2D eigenvalue weighted by molar-refractivity contribution is 0.0950. The van der Waals surface area contributed by atoms with Gasteiger partial charge in [0.05, 0.1) is 23.1 Å². The fourth-order valence-electron chi connectivity index (χ4n) is 3.43. The van der Waals surface area contributed by atoms with Crippen molar-refractivity contribution in [1.82, 2.24) is 20.4 Å². The molecule has 26 heavy (non-hydrogen) atoms. The van der Waals surface area contributed by atoms with Gasteiger partial charge < -0.3 is 10.6 Å². The van der Waals surface area contributed by atoms with Crippen LogP contribution in [-0.2, 0) is 0 Å². The topological polar surface area (TPSA) is 59.0 Å². The van der Waals surface area contributed by atoms with Gasteiger partial charge in [0, 0.05) is 6.54 Å². The van der Waals surface area contributed by atoms with E-state index in [2.05, 4.69) is 48.6 Å². The molecule has 0 saturated carbocycles. The summed E-state index contributed by atoms with van der Waals surface area (Å²) in [4.78, 5) is 12.7. The summed E-state index contributed by atoms with van der Waals surface area (Å²) in [7, 11) is 0. The summed E-state index contributed by atoms with van der Waals surface area (Å²) in [5.74, 6) is 0.872. The normalized spacial score (nSPS) is 16.5. The zero-order valence-electron chi connectivity index (χ0n) is 15.8. The first-order chi connectivity index (χ1) is 12.1. The molecule has 1 aromatic carbocycles. The van der Waals surface area contributed by atoms with Crippen LogP contribution in [0, 0.1) is 12.8 Å². The van der Waals surface area contributed by atoms with E-state index < -0.39 is 0 Å². The van der Waals surface area contributed by atoms with Crippen molar-refractivity contribution in [1.29, 1.82) is 0 Å². The monoisotopic (exact) mass is 376 g/mol. The van der Waals surface area contributed by atoms with Crippen LogP contribution in [0.25, 0.3) is 5.69 Å². The number of benzene rings is 1. The first-order valence-corrected chi connectivity index (χ1v) is 9.20. The van der Waals surface area contributed by atoms with Crippen LogP contribution >= 0.6 is 12.4 Å². The minimum absolute atomic E-state index is 0. The predicted octanol–water partition coefficient (Wildman–Crippen LogP) is 3.46. The zero-order chi connectivity index (χ0) is 17.8. The van der Waals surface area contributed by atoms with Crippen molar-refractivity contribution in [3.63, 3.8) is 0 Å². The first kappa shape index (κ1) is 20.5. The number of nitrogens with zero attached hydrogens (tertiary/aromatic N) is 2. The Labute approximate surface area is 162 Å². The maximum atomic E-state index is 12.7. The highest BCUT2D eigenvalue weighted by Gasteiger charge is 2.21. The fourth-order valence-corrected chi connectivity index (χ4v) is 3.43. The molecule has 0 aliphatic carbocycles. The molecule has 1 fully saturated rings. The van der Waals surface area contributed by atoms with Crippen molar-refractivity contribution in [2.24, 2.45) is 5.92 Å². The number of rotatable bonds is 6. The molecule has 0 radical (unpaired) electrons. The van der Waals surface area contributed by atoms with Crippen LogP contribution in [0.4, 0.5) is 0 Å². The number of aromatic nitrogens is 2. The Morgan fingerprint density at radius 2 is 2.08 bits per heavy atom. The lowest BCUT2D eigenvalue weighted by atomic mass is 10.0. The molecular weight excluding hydrogens is 348 g/mol. The van der Waals surface area contributed by atoms with E-state index in [1.807, 2.05) is 16.8 Å². The number of aryl methyl sites for hydroxylation is 1. The van der Waals surface area contributed by atoms with E-state index >= 15 is 0 Å². The van der Waals surface area contributed by atoms with Crippen molar-refractivity contribution < 1.29 is 4.79 Å². The summed E-state index contributed by atoms with van der Waals surface area (Å²) < 4.78 is 1.89. The van der Waals surface area contributed by atoms with Crippen molar-refractivity contribution in [2.45, 2.75) is 39.5 Å². The van der Waals surface area contributed by atoms with Crippen LogP contribution in [0.15, 0.2) is 30.5 Å². The first-order valence-electron chi connectivity index (χ1n) is 9.20. The summed E-state index contributed by atoms with van der Waals surface area (Å²) in [6.07, 6.45) is 3.93. The summed E-state index contributed by atoms with van der Waals surface area (Å²) in [5.41, 5.74) is 3.84. The largest absolute Gasteiger partial charge is 0.352 e. The molecule has 1 aromatic heterocycles. The van der Waals surface area contributed by atoms with E-state index in [-0.39, 0.29) is 24.2 Å². The van der Waals surface area contributed by atoms with E-state index in [1.165, 1.54) is 12.0 Å². The average molecular weight is 377 g/mol. The van der Waals surface area contributed by atoms with Crippen LogP contribution in [0.3, 0.4) is 0 Å². The number of amides is 1. The van der Waals surface area contributed by atoms with Crippen molar-refractivity contribution >= 4 is 18.3 Å². The van der Waals surface area contributed by atoms with Gasteiger partial charge >= 0.3 is 0 Å². The van der Waals surface area contributed by atoms with Gasteiger partial charge in [-0.3, -0.25) is 4.79 Å². The van der Waals surface area contributed by atoms with Gasteiger partial charge in [-0.15, -0.1) is 12.4 Å². The fraction of sp³-hybridized carbons (Fsp3) is 0.500. The summed E-state index contributed by atoms with van der Waals surface area (Å²) in [5, 5.41) is 10.9. The molecule has 0 spiro atoms. The molecule has 1 amide bonds. The molecule has 142 valence electrons. The Kier molecular flexibility index (Phi) is 7.23. The summed E-state index contributed by atoms with van der Waals surface area (Å²) in [6.45, 7) is 9.15. The Hall–Kier alpha value is -1.85. The molecule has 1 unspecified atom stereocenters. The van der Waals surface area contributed by atoms with Crippen LogP contribution in [0.2, 0.25) is 0 Å². The highest BCUT2D eigenvalue weighted by atomic mass is 35.5. The van der Waals surface area contributed by atoms with Crippen LogP contribution in [0.1, 0.15) is 54.2 Å². The number of halogens is 1. The molecule has 2 heterocycles. The molecule has 2 aromatic rings. The number of hydrogen-bond donors (Lipinski definition) is 2. The number of nitrogens with one attached hydrogen (secondary N) is 2. The Bertz CT molecular complexity index is 718. The molecule has 2 N–H and O–H groups in total. The van der Waals surface area contributed by atoms with E-state index in [9.17, 15) is 4.79 Å². The van der Waals surface area contributed by atoms with E-state index in [0.29, 0.717) is 11.5 Å². The van der Waals surface area contributed by atoms with Crippen molar-refractivity contribution in [3.05, 3.63) is 47.3 Å². The standard InChI is InChI=1S/C20H28N4O.ClH/c1-14(2)19-18(20(25)22-11-9-16-8-10-21-12-16)13-23-24(19)17-6-4-15(3)5-7-17;/h4-7,13-14,16,21H,8-12H2,1-3H3,(H,22,25);1H. The molecule has 6 heteroatoms. The van der Waals surface area contributed by atoms with E-state index in [0.717, 1.165) is 37.4 Å². The van der Waals surface area contributed by atoms with Gasteiger partial charge in [-0.05, 0) is 56.8 Å². The average Bonchev–Trinajstić information content (AvgIpc) is 3.24. The maximum Gasteiger partial charge on any atom is 0.254 e. The molecule has 5 nitrogen and oxygen atoms in total. The lowest BCUT2D eigenvalue weighted by Gasteiger charge is -2.14.